The predicted molar refractivity (Wildman–Crippen MR) is 83.1 cm³/mol. The Morgan fingerprint density at radius 1 is 1.17 bits per heavy atom. The van der Waals surface area contributed by atoms with Crippen molar-refractivity contribution in [1.29, 1.82) is 0 Å². The molecule has 1 aromatic carbocycles. The van der Waals surface area contributed by atoms with Crippen LogP contribution >= 0.6 is 0 Å². The molecule has 1 aromatic heterocycles. The zero-order chi connectivity index (χ0) is 16.8. The van der Waals surface area contributed by atoms with Crippen molar-refractivity contribution in [3.63, 3.8) is 0 Å². The molecule has 2 amide bonds. The molecule has 8 nitrogen and oxygen atoms in total. The zero-order valence-corrected chi connectivity index (χ0v) is 12.7. The quantitative estimate of drug-likeness (QED) is 0.872. The predicted octanol–water partition coefficient (Wildman–Crippen LogP) is 0.889. The summed E-state index contributed by atoms with van der Waals surface area (Å²) < 4.78 is 5.59. The average molecular weight is 316 g/mol. The second kappa shape index (κ2) is 7.21. The molecule has 0 fully saturated rings. The van der Waals surface area contributed by atoms with Gasteiger partial charge in [0, 0.05) is 25.3 Å². The van der Waals surface area contributed by atoms with Crippen LogP contribution < -0.4 is 16.2 Å². The van der Waals surface area contributed by atoms with Crippen LogP contribution in [0.25, 0.3) is 0 Å². The van der Waals surface area contributed by atoms with E-state index in [1.165, 1.54) is 26.3 Å². The van der Waals surface area contributed by atoms with E-state index in [0.29, 0.717) is 12.2 Å². The monoisotopic (exact) mass is 316 g/mol. The summed E-state index contributed by atoms with van der Waals surface area (Å²) in [6.07, 6.45) is -0.549. The lowest BCUT2D eigenvalue weighted by Crippen LogP contribution is -2.28. The largest absolute Gasteiger partial charge is 0.453 e. The Morgan fingerprint density at radius 2 is 1.87 bits per heavy atom. The van der Waals surface area contributed by atoms with Crippen molar-refractivity contribution in [2.45, 2.75) is 6.54 Å². The standard InChI is InChI=1S/C15H16N4O4/c1-19-13(20)8-7-12(18-19)14(21)16-9-10-3-5-11(6-4-10)17-15(22)23-2/h3-8H,9H2,1-2H3,(H,16,21)(H,17,22). The molecule has 0 bridgehead atoms. The fourth-order valence-electron chi connectivity index (χ4n) is 1.77. The van der Waals surface area contributed by atoms with E-state index in [1.54, 1.807) is 24.3 Å². The van der Waals surface area contributed by atoms with Gasteiger partial charge in [0.25, 0.3) is 11.5 Å². The molecule has 0 aliphatic heterocycles. The molecule has 0 aliphatic rings. The third kappa shape index (κ3) is 4.40. The number of rotatable bonds is 4. The molecule has 8 heteroatoms. The molecular formula is C15H16N4O4. The van der Waals surface area contributed by atoms with E-state index in [-0.39, 0.29) is 17.2 Å². The highest BCUT2D eigenvalue weighted by atomic mass is 16.5. The molecule has 2 aromatic rings. The molecule has 0 saturated heterocycles. The van der Waals surface area contributed by atoms with Gasteiger partial charge in [0.1, 0.15) is 5.69 Å². The summed E-state index contributed by atoms with van der Waals surface area (Å²) in [7, 11) is 2.76. The SMILES string of the molecule is COC(=O)Nc1ccc(CNC(=O)c2ccc(=O)n(C)n2)cc1. The minimum atomic E-state index is -0.549. The second-order valence-corrected chi connectivity index (χ2v) is 4.68. The molecule has 0 radical (unpaired) electrons. The van der Waals surface area contributed by atoms with Crippen LogP contribution in [0.5, 0.6) is 0 Å². The van der Waals surface area contributed by atoms with Crippen molar-refractivity contribution in [3.05, 3.63) is 58.0 Å². The van der Waals surface area contributed by atoms with Crippen molar-refractivity contribution < 1.29 is 14.3 Å². The minimum absolute atomic E-state index is 0.163. The first-order valence-electron chi connectivity index (χ1n) is 6.76. The molecule has 0 saturated carbocycles. The Balaban J connectivity index is 1.94. The summed E-state index contributed by atoms with van der Waals surface area (Å²) in [5, 5.41) is 9.11. The fraction of sp³-hybridized carbons (Fsp3) is 0.200. The fourth-order valence-corrected chi connectivity index (χ4v) is 1.77. The van der Waals surface area contributed by atoms with Gasteiger partial charge in [-0.3, -0.25) is 14.9 Å². The highest BCUT2D eigenvalue weighted by Crippen LogP contribution is 2.09. The van der Waals surface area contributed by atoms with Crippen molar-refractivity contribution >= 4 is 17.7 Å². The summed E-state index contributed by atoms with van der Waals surface area (Å²) in [6, 6.07) is 9.58. The van der Waals surface area contributed by atoms with Crippen LogP contribution in [-0.4, -0.2) is 28.9 Å². The van der Waals surface area contributed by atoms with E-state index in [2.05, 4.69) is 20.5 Å². The first-order valence-corrected chi connectivity index (χ1v) is 6.76. The van der Waals surface area contributed by atoms with Crippen molar-refractivity contribution in [1.82, 2.24) is 15.1 Å². The minimum Gasteiger partial charge on any atom is -0.453 e. The molecule has 0 unspecified atom stereocenters. The number of methoxy groups -OCH3 is 1. The van der Waals surface area contributed by atoms with Crippen LogP contribution in [0.15, 0.2) is 41.2 Å². The molecular weight excluding hydrogens is 300 g/mol. The maximum atomic E-state index is 12.0. The van der Waals surface area contributed by atoms with Gasteiger partial charge in [-0.05, 0) is 23.8 Å². The number of carbonyl (C=O) groups excluding carboxylic acids is 2. The second-order valence-electron chi connectivity index (χ2n) is 4.68. The lowest BCUT2D eigenvalue weighted by Gasteiger charge is -2.07. The van der Waals surface area contributed by atoms with Crippen molar-refractivity contribution in [3.8, 4) is 0 Å². The van der Waals surface area contributed by atoms with E-state index >= 15 is 0 Å². The maximum Gasteiger partial charge on any atom is 0.411 e. The number of anilines is 1. The Labute approximate surface area is 132 Å². The van der Waals surface area contributed by atoms with Gasteiger partial charge >= 0.3 is 6.09 Å². The number of ether oxygens (including phenoxy) is 1. The van der Waals surface area contributed by atoms with Crippen LogP contribution in [0, 0.1) is 0 Å². The van der Waals surface area contributed by atoms with Gasteiger partial charge in [-0.2, -0.15) is 5.10 Å². The molecule has 0 atom stereocenters. The van der Waals surface area contributed by atoms with Gasteiger partial charge in [0.15, 0.2) is 0 Å². The van der Waals surface area contributed by atoms with Crippen LogP contribution in [-0.2, 0) is 18.3 Å². The summed E-state index contributed by atoms with van der Waals surface area (Å²) in [6.45, 7) is 0.294. The van der Waals surface area contributed by atoms with E-state index in [9.17, 15) is 14.4 Å². The van der Waals surface area contributed by atoms with Crippen LogP contribution in [0.3, 0.4) is 0 Å². The third-order valence-electron chi connectivity index (χ3n) is 3.03. The van der Waals surface area contributed by atoms with Crippen LogP contribution in [0.2, 0.25) is 0 Å². The van der Waals surface area contributed by atoms with Gasteiger partial charge in [-0.25, -0.2) is 9.48 Å². The zero-order valence-electron chi connectivity index (χ0n) is 12.7. The molecule has 0 spiro atoms. The molecule has 2 N–H and O–H groups in total. The van der Waals surface area contributed by atoms with Gasteiger partial charge in [-0.15, -0.1) is 0 Å². The smallest absolute Gasteiger partial charge is 0.411 e. The first kappa shape index (κ1) is 16.2. The highest BCUT2D eigenvalue weighted by molar-refractivity contribution is 5.92. The summed E-state index contributed by atoms with van der Waals surface area (Å²) in [4.78, 5) is 34.3. The van der Waals surface area contributed by atoms with E-state index in [1.807, 2.05) is 0 Å². The van der Waals surface area contributed by atoms with Gasteiger partial charge < -0.3 is 10.1 Å². The average Bonchev–Trinajstić information content (AvgIpc) is 2.56. The number of nitrogens with one attached hydrogen (secondary N) is 2. The van der Waals surface area contributed by atoms with E-state index in [4.69, 9.17) is 0 Å². The van der Waals surface area contributed by atoms with Gasteiger partial charge in [0.05, 0.1) is 7.11 Å². The molecule has 23 heavy (non-hydrogen) atoms. The Kier molecular flexibility index (Phi) is 5.08. The highest BCUT2D eigenvalue weighted by Gasteiger charge is 2.08. The summed E-state index contributed by atoms with van der Waals surface area (Å²) >= 11 is 0. The van der Waals surface area contributed by atoms with Crippen molar-refractivity contribution in [2.24, 2.45) is 7.05 Å². The van der Waals surface area contributed by atoms with E-state index < -0.39 is 6.09 Å². The number of carbonyl (C=O) groups is 2. The summed E-state index contributed by atoms with van der Waals surface area (Å²) in [5.74, 6) is -0.377. The molecule has 0 aliphatic carbocycles. The number of benzene rings is 1. The third-order valence-corrected chi connectivity index (χ3v) is 3.03. The topological polar surface area (TPSA) is 102 Å². The Hall–Kier alpha value is -3.16. The van der Waals surface area contributed by atoms with Crippen molar-refractivity contribution in [2.75, 3.05) is 12.4 Å². The number of hydrogen-bond donors (Lipinski definition) is 2. The Bertz CT molecular complexity index is 768. The normalized spacial score (nSPS) is 10.0. The number of nitrogens with zero attached hydrogens (tertiary/aromatic N) is 2. The first-order chi connectivity index (χ1) is 11.0. The molecule has 120 valence electrons. The Morgan fingerprint density at radius 3 is 2.48 bits per heavy atom. The number of aromatic nitrogens is 2. The molecule has 1 heterocycles. The molecule has 2 rings (SSSR count). The van der Waals surface area contributed by atoms with Crippen LogP contribution in [0.1, 0.15) is 16.1 Å². The number of hydrogen-bond acceptors (Lipinski definition) is 5. The van der Waals surface area contributed by atoms with Crippen LogP contribution in [0.4, 0.5) is 10.5 Å². The van der Waals surface area contributed by atoms with E-state index in [0.717, 1.165) is 10.2 Å². The lowest BCUT2D eigenvalue weighted by molar-refractivity contribution is 0.0943. The lowest BCUT2D eigenvalue weighted by atomic mass is 10.2. The number of amides is 2. The number of aryl methyl sites for hydroxylation is 1. The maximum absolute atomic E-state index is 12.0. The van der Waals surface area contributed by atoms with Gasteiger partial charge in [0.2, 0.25) is 0 Å². The van der Waals surface area contributed by atoms with Gasteiger partial charge in [-0.1, -0.05) is 12.1 Å². The summed E-state index contributed by atoms with van der Waals surface area (Å²) in [5.41, 5.74) is 1.32.